The molecule has 0 spiro atoms. The fourth-order valence-corrected chi connectivity index (χ4v) is 2.79. The molecule has 0 aromatic carbocycles. The third kappa shape index (κ3) is 2.44. The van der Waals surface area contributed by atoms with Crippen molar-refractivity contribution < 1.29 is 0 Å². The average Bonchev–Trinajstić information content (AvgIpc) is 2.62. The number of hydrogen-bond acceptors (Lipinski definition) is 3. The minimum absolute atomic E-state index is 0.371. The van der Waals surface area contributed by atoms with E-state index in [1.807, 2.05) is 6.07 Å². The molecule has 0 amide bonds. The van der Waals surface area contributed by atoms with E-state index >= 15 is 0 Å². The molecule has 72 valence electrons. The molecule has 4 heteroatoms. The second kappa shape index (κ2) is 3.96. The van der Waals surface area contributed by atoms with E-state index in [1.54, 1.807) is 11.3 Å². The monoisotopic (exact) mass is 216 g/mol. The van der Waals surface area contributed by atoms with Gasteiger partial charge in [-0.2, -0.15) is 0 Å². The van der Waals surface area contributed by atoms with Crippen molar-refractivity contribution in [2.75, 3.05) is 13.1 Å². The van der Waals surface area contributed by atoms with Crippen molar-refractivity contribution >= 4 is 22.9 Å². The maximum Gasteiger partial charge on any atom is 0.0931 e. The number of rotatable bonds is 2. The highest BCUT2D eigenvalue weighted by molar-refractivity contribution is 7.16. The van der Waals surface area contributed by atoms with Crippen LogP contribution in [0.5, 0.6) is 0 Å². The van der Waals surface area contributed by atoms with E-state index in [-0.39, 0.29) is 0 Å². The Morgan fingerprint density at radius 1 is 1.62 bits per heavy atom. The van der Waals surface area contributed by atoms with E-state index in [1.165, 1.54) is 4.88 Å². The van der Waals surface area contributed by atoms with Gasteiger partial charge in [-0.25, -0.2) is 0 Å². The van der Waals surface area contributed by atoms with E-state index in [2.05, 4.69) is 11.0 Å². The molecule has 1 unspecified atom stereocenters. The number of hydrogen-bond donors (Lipinski definition) is 1. The van der Waals surface area contributed by atoms with E-state index in [0.29, 0.717) is 6.04 Å². The lowest BCUT2D eigenvalue weighted by atomic mass is 10.3. The summed E-state index contributed by atoms with van der Waals surface area (Å²) in [5.74, 6) is 0. The Balaban J connectivity index is 1.91. The second-order valence-corrected chi connectivity index (χ2v) is 5.29. The molecule has 0 bridgehead atoms. The van der Waals surface area contributed by atoms with Crippen molar-refractivity contribution in [1.29, 1.82) is 0 Å². The van der Waals surface area contributed by atoms with Gasteiger partial charge in [-0.15, -0.1) is 11.3 Å². The van der Waals surface area contributed by atoms with Crippen molar-refractivity contribution in [2.45, 2.75) is 19.0 Å². The number of halogens is 1. The van der Waals surface area contributed by atoms with Crippen LogP contribution < -0.4 is 5.73 Å². The van der Waals surface area contributed by atoms with Crippen LogP contribution in [0.15, 0.2) is 12.1 Å². The van der Waals surface area contributed by atoms with E-state index < -0.39 is 0 Å². The van der Waals surface area contributed by atoms with Gasteiger partial charge in [0, 0.05) is 30.6 Å². The normalized spacial score (nSPS) is 24.0. The lowest BCUT2D eigenvalue weighted by Gasteiger charge is -2.12. The SMILES string of the molecule is NC1CCN(Cc2ccc(Cl)s2)C1. The summed E-state index contributed by atoms with van der Waals surface area (Å²) in [6.07, 6.45) is 1.12. The molecular formula is C9H13ClN2S. The largest absolute Gasteiger partial charge is 0.326 e. The van der Waals surface area contributed by atoms with Crippen LogP contribution in [0.25, 0.3) is 0 Å². The van der Waals surface area contributed by atoms with E-state index in [4.69, 9.17) is 17.3 Å². The maximum absolute atomic E-state index is 5.85. The van der Waals surface area contributed by atoms with Gasteiger partial charge in [0.05, 0.1) is 4.34 Å². The number of likely N-dealkylation sites (tertiary alicyclic amines) is 1. The summed E-state index contributed by atoms with van der Waals surface area (Å²) in [5, 5.41) is 0. The van der Waals surface area contributed by atoms with Crippen molar-refractivity contribution in [3.8, 4) is 0 Å². The zero-order valence-electron chi connectivity index (χ0n) is 7.37. The first-order chi connectivity index (χ1) is 6.24. The molecule has 1 saturated heterocycles. The molecule has 1 atom stereocenters. The van der Waals surface area contributed by atoms with Gasteiger partial charge in [0.25, 0.3) is 0 Å². The minimum atomic E-state index is 0.371. The fraction of sp³-hybridized carbons (Fsp3) is 0.556. The van der Waals surface area contributed by atoms with Gasteiger partial charge in [-0.05, 0) is 18.6 Å². The summed E-state index contributed by atoms with van der Waals surface area (Å²) in [6.45, 7) is 3.15. The van der Waals surface area contributed by atoms with E-state index in [9.17, 15) is 0 Å². The number of nitrogens with two attached hydrogens (primary N) is 1. The first-order valence-electron chi connectivity index (χ1n) is 4.46. The summed E-state index contributed by atoms with van der Waals surface area (Å²) < 4.78 is 0.874. The Labute approximate surface area is 87.3 Å². The van der Waals surface area contributed by atoms with Gasteiger partial charge < -0.3 is 5.73 Å². The number of thiophene rings is 1. The molecule has 2 rings (SSSR count). The Bertz CT molecular complexity index is 287. The predicted molar refractivity (Wildman–Crippen MR) is 57.2 cm³/mol. The zero-order valence-corrected chi connectivity index (χ0v) is 8.94. The van der Waals surface area contributed by atoms with Gasteiger partial charge in [0.2, 0.25) is 0 Å². The van der Waals surface area contributed by atoms with Gasteiger partial charge in [-0.1, -0.05) is 11.6 Å². The highest BCUT2D eigenvalue weighted by Gasteiger charge is 2.19. The van der Waals surface area contributed by atoms with Gasteiger partial charge in [0.15, 0.2) is 0 Å². The minimum Gasteiger partial charge on any atom is -0.326 e. The van der Waals surface area contributed by atoms with Crippen molar-refractivity contribution in [1.82, 2.24) is 4.90 Å². The average molecular weight is 217 g/mol. The third-order valence-electron chi connectivity index (χ3n) is 2.32. The van der Waals surface area contributed by atoms with Crippen LogP contribution in [0.1, 0.15) is 11.3 Å². The van der Waals surface area contributed by atoms with Crippen LogP contribution in [0.4, 0.5) is 0 Å². The highest BCUT2D eigenvalue weighted by Crippen LogP contribution is 2.23. The molecule has 13 heavy (non-hydrogen) atoms. The van der Waals surface area contributed by atoms with Gasteiger partial charge in [0.1, 0.15) is 0 Å². The van der Waals surface area contributed by atoms with Crippen LogP contribution in [0.2, 0.25) is 4.34 Å². The lowest BCUT2D eigenvalue weighted by molar-refractivity contribution is 0.330. The Hall–Kier alpha value is -0.0900. The molecule has 2 nitrogen and oxygen atoms in total. The van der Waals surface area contributed by atoms with Crippen LogP contribution >= 0.6 is 22.9 Å². The van der Waals surface area contributed by atoms with Crippen LogP contribution in [0, 0.1) is 0 Å². The first-order valence-corrected chi connectivity index (χ1v) is 5.65. The summed E-state index contributed by atoms with van der Waals surface area (Å²) in [5.41, 5.74) is 5.82. The summed E-state index contributed by atoms with van der Waals surface area (Å²) in [7, 11) is 0. The lowest BCUT2D eigenvalue weighted by Crippen LogP contribution is -2.25. The maximum atomic E-state index is 5.85. The molecule has 1 aliphatic rings. The molecule has 0 radical (unpaired) electrons. The van der Waals surface area contributed by atoms with Crippen molar-refractivity contribution in [2.24, 2.45) is 5.73 Å². The molecule has 0 saturated carbocycles. The molecule has 2 N–H and O–H groups in total. The number of nitrogens with zero attached hydrogens (tertiary/aromatic N) is 1. The third-order valence-corrected chi connectivity index (χ3v) is 3.53. The summed E-state index contributed by atoms with van der Waals surface area (Å²) in [4.78, 5) is 3.71. The second-order valence-electron chi connectivity index (χ2n) is 3.49. The Kier molecular flexibility index (Phi) is 2.89. The molecule has 1 fully saturated rings. The molecular weight excluding hydrogens is 204 g/mol. The Morgan fingerprint density at radius 3 is 3.00 bits per heavy atom. The van der Waals surface area contributed by atoms with Crippen LogP contribution in [-0.2, 0) is 6.54 Å². The summed E-state index contributed by atoms with van der Waals surface area (Å²) in [6, 6.07) is 4.42. The van der Waals surface area contributed by atoms with Gasteiger partial charge in [-0.3, -0.25) is 4.90 Å². The van der Waals surface area contributed by atoms with Crippen LogP contribution in [-0.4, -0.2) is 24.0 Å². The van der Waals surface area contributed by atoms with E-state index in [0.717, 1.165) is 30.4 Å². The predicted octanol–water partition coefficient (Wildman–Crippen LogP) is 1.93. The molecule has 0 aliphatic carbocycles. The van der Waals surface area contributed by atoms with Crippen molar-refractivity contribution in [3.63, 3.8) is 0 Å². The quantitative estimate of drug-likeness (QED) is 0.819. The smallest absolute Gasteiger partial charge is 0.0931 e. The zero-order chi connectivity index (χ0) is 9.26. The first kappa shape index (κ1) is 9.46. The fourth-order valence-electron chi connectivity index (χ4n) is 1.66. The summed E-state index contributed by atoms with van der Waals surface area (Å²) >= 11 is 7.51. The van der Waals surface area contributed by atoms with Crippen molar-refractivity contribution in [3.05, 3.63) is 21.3 Å². The Morgan fingerprint density at radius 2 is 2.46 bits per heavy atom. The van der Waals surface area contributed by atoms with Gasteiger partial charge >= 0.3 is 0 Å². The molecule has 1 aliphatic heterocycles. The molecule has 1 aromatic rings. The van der Waals surface area contributed by atoms with Crippen LogP contribution in [0.3, 0.4) is 0 Å². The molecule has 2 heterocycles. The topological polar surface area (TPSA) is 29.3 Å². The highest BCUT2D eigenvalue weighted by atomic mass is 35.5. The molecule has 1 aromatic heterocycles. The standard InChI is InChI=1S/C9H13ClN2S/c10-9-2-1-8(13-9)6-12-4-3-7(11)5-12/h1-2,7H,3-6,11H2.